The maximum atomic E-state index is 14.8. The van der Waals surface area contributed by atoms with Crippen LogP contribution in [-0.2, 0) is 73.6 Å². The molecule has 28 nitrogen and oxygen atoms in total. The predicted molar refractivity (Wildman–Crippen MR) is 358 cm³/mol. The molecule has 1 aromatic heterocycles. The van der Waals surface area contributed by atoms with Gasteiger partial charge in [0.2, 0.25) is 53.2 Å². The molecule has 17 N–H and O–H groups in total. The van der Waals surface area contributed by atoms with Crippen molar-refractivity contribution in [1.82, 2.24) is 57.7 Å². The fraction of sp³-hybridized carbons (Fsp3) is 0.418. The SMILES string of the molecule is CC(=O)N[C@@H](Cc1ccc2ccccc2c1)C(=O)N[C@H](Cc1ccc(Cl)cc1)C(=O)N[C@@H](Cc1cccnc1)C(=O)N[C@H](CO)C(=O)N[C@H](Cc1ccc(O)cc1)C(=O)N[C@@H](CCCNC(N)=O)C(=O)N[C@@H](CC(C)C)C(=O)N[C@@H](CCCN=C(N)N)C(=O)N1CCC[C@H]1C=O. The minimum Gasteiger partial charge on any atom is -0.508 e. The Labute approximate surface area is 560 Å². The summed E-state index contributed by atoms with van der Waals surface area (Å²) in [5, 5.41) is 47.0. The van der Waals surface area contributed by atoms with Crippen LogP contribution in [-0.4, -0.2) is 172 Å². The molecule has 0 aliphatic carbocycles. The number of carbonyl (C=O) groups is 11. The standard InChI is InChI=1S/C67H86ClN15O13/c1-39(2)30-52(59(89)77-51(15-8-27-73-66(69)70)65(95)83-29-9-13-48(83)37-84)78-58(88)50(14-7-28-74-67(71)96)76-61(91)54(33-42-19-24-49(87)25-20-42)81-64(94)57(38-85)82-63(93)56(35-44-10-6-26-72-36-44)80-62(92)55(32-41-17-22-47(68)23-18-41)79-60(90)53(75-40(3)86)34-43-16-21-45-11-4-5-12-46(45)31-43/h4-6,10-12,16-26,31,36-37,39,48,50-57,85,87H,7-9,13-15,27-30,32-35,38H2,1-3H3,(H,75,86)(H,76,91)(H,77,89)(H,78,88)(H,79,90)(H,80,92)(H,81,94)(H,82,93)(H4,69,70,73)(H3,71,74,96)/t48-,50-,51-,52-,53-,54+,55+,56-,57+/m0/s1. The highest BCUT2D eigenvalue weighted by molar-refractivity contribution is 6.30. The number of nitrogens with two attached hydrogens (primary N) is 3. The molecule has 29 heteroatoms. The van der Waals surface area contributed by atoms with Crippen molar-refractivity contribution in [3.8, 4) is 5.75 Å². The summed E-state index contributed by atoms with van der Waals surface area (Å²) in [7, 11) is 0. The van der Waals surface area contributed by atoms with E-state index in [1.165, 1.54) is 48.5 Å². The highest BCUT2D eigenvalue weighted by Crippen LogP contribution is 2.21. The Kier molecular flexibility index (Phi) is 29.3. The Balaban J connectivity index is 1.25. The van der Waals surface area contributed by atoms with E-state index in [-0.39, 0.29) is 95.0 Å². The third-order valence-electron chi connectivity index (χ3n) is 15.8. The molecule has 5 aromatic rings. The van der Waals surface area contributed by atoms with E-state index in [9.17, 15) is 63.0 Å². The first-order chi connectivity index (χ1) is 45.9. The lowest BCUT2D eigenvalue weighted by Gasteiger charge is -2.30. The van der Waals surface area contributed by atoms with Gasteiger partial charge in [0.05, 0.1) is 12.6 Å². The number of nitrogens with one attached hydrogen (secondary N) is 9. The van der Waals surface area contributed by atoms with Crippen LogP contribution in [0.2, 0.25) is 5.02 Å². The minimum absolute atomic E-state index is 0.0325. The molecule has 2 heterocycles. The number of urea groups is 1. The first-order valence-corrected chi connectivity index (χ1v) is 32.0. The predicted octanol–water partition coefficient (Wildman–Crippen LogP) is 0.493. The van der Waals surface area contributed by atoms with Gasteiger partial charge in [-0.15, -0.1) is 0 Å². The Morgan fingerprint density at radius 3 is 1.67 bits per heavy atom. The molecule has 0 unspecified atom stereocenters. The molecule has 4 aromatic carbocycles. The molecule has 1 fully saturated rings. The van der Waals surface area contributed by atoms with Crippen molar-refractivity contribution in [1.29, 1.82) is 0 Å². The molecule has 0 saturated carbocycles. The number of aromatic hydroxyl groups is 1. The monoisotopic (exact) mass is 1340 g/mol. The number of aromatic nitrogens is 1. The van der Waals surface area contributed by atoms with E-state index >= 15 is 0 Å². The maximum Gasteiger partial charge on any atom is 0.312 e. The second-order valence-corrected chi connectivity index (χ2v) is 24.3. The van der Waals surface area contributed by atoms with Crippen molar-refractivity contribution in [3.05, 3.63) is 143 Å². The van der Waals surface area contributed by atoms with Crippen molar-refractivity contribution < 1.29 is 63.0 Å². The van der Waals surface area contributed by atoms with Gasteiger partial charge in [-0.3, -0.25) is 53.1 Å². The number of aliphatic hydroxyl groups is 1. The molecular formula is C67H86ClN15O13. The van der Waals surface area contributed by atoms with E-state index in [1.807, 2.05) is 42.5 Å². The Morgan fingerprint density at radius 1 is 0.604 bits per heavy atom. The smallest absolute Gasteiger partial charge is 0.312 e. The highest BCUT2D eigenvalue weighted by atomic mass is 35.5. The zero-order valence-electron chi connectivity index (χ0n) is 53.8. The Bertz CT molecular complexity index is 3520. The normalized spacial score (nSPS) is 15.1. The van der Waals surface area contributed by atoms with Crippen LogP contribution in [0.15, 0.2) is 121 Å². The zero-order chi connectivity index (χ0) is 69.8. The summed E-state index contributed by atoms with van der Waals surface area (Å²) in [6.45, 7) is 4.09. The first-order valence-electron chi connectivity index (χ1n) is 31.6. The van der Waals surface area contributed by atoms with Crippen molar-refractivity contribution in [2.24, 2.45) is 28.1 Å². The average molecular weight is 1340 g/mol. The highest BCUT2D eigenvalue weighted by Gasteiger charge is 2.38. The van der Waals surface area contributed by atoms with Crippen molar-refractivity contribution in [3.63, 3.8) is 0 Å². The number of phenolic OH excluding ortho intramolecular Hbond substituents is 1. The third-order valence-corrected chi connectivity index (χ3v) is 16.0. The number of carbonyl (C=O) groups excluding carboxylic acids is 11. The zero-order valence-corrected chi connectivity index (χ0v) is 54.5. The summed E-state index contributed by atoms with van der Waals surface area (Å²) in [6, 6.07) is 15.3. The summed E-state index contributed by atoms with van der Waals surface area (Å²) in [5.41, 5.74) is 18.4. The topological polar surface area (TPSA) is 443 Å². The number of guanidine groups is 1. The number of amides is 11. The molecule has 96 heavy (non-hydrogen) atoms. The third kappa shape index (κ3) is 24.3. The summed E-state index contributed by atoms with van der Waals surface area (Å²) in [5.74, 6) is -7.94. The fourth-order valence-electron chi connectivity index (χ4n) is 10.9. The van der Waals surface area contributed by atoms with Gasteiger partial charge in [0, 0.05) is 69.7 Å². The van der Waals surface area contributed by atoms with Crippen LogP contribution in [0.5, 0.6) is 5.75 Å². The van der Waals surface area contributed by atoms with Crippen molar-refractivity contribution in [2.75, 3.05) is 26.2 Å². The molecule has 9 atom stereocenters. The number of likely N-dealkylation sites (tertiary alicyclic amines) is 1. The average Bonchev–Trinajstić information content (AvgIpc) is 1.39. The van der Waals surface area contributed by atoms with Gasteiger partial charge in [0.25, 0.3) is 0 Å². The molecule has 1 aliphatic heterocycles. The second-order valence-electron chi connectivity index (χ2n) is 23.9. The second kappa shape index (κ2) is 37.6. The lowest BCUT2D eigenvalue weighted by atomic mass is 9.99. The largest absolute Gasteiger partial charge is 0.508 e. The number of fused-ring (bicyclic) bond motifs is 1. The molecule has 1 saturated heterocycles. The molecule has 0 spiro atoms. The molecule has 11 amide bonds. The number of hydrogen-bond donors (Lipinski definition) is 14. The van der Waals surface area contributed by atoms with Gasteiger partial charge < -0.3 is 85.0 Å². The molecule has 1 aliphatic rings. The first kappa shape index (κ1) is 74.8. The number of aliphatic hydroxyl groups excluding tert-OH is 1. The number of aldehydes is 1. The van der Waals surface area contributed by atoms with Crippen LogP contribution in [0.4, 0.5) is 4.79 Å². The molecular weight excluding hydrogens is 1260 g/mol. The van der Waals surface area contributed by atoms with Crippen molar-refractivity contribution >= 4 is 93.8 Å². The van der Waals surface area contributed by atoms with Gasteiger partial charge in [-0.25, -0.2) is 4.79 Å². The quantitative estimate of drug-likeness (QED) is 0.0112. The van der Waals surface area contributed by atoms with Crippen LogP contribution in [0.1, 0.15) is 88.0 Å². The fourth-order valence-corrected chi connectivity index (χ4v) is 11.0. The van der Waals surface area contributed by atoms with Gasteiger partial charge in [-0.1, -0.05) is 98.2 Å². The number of phenols is 1. The summed E-state index contributed by atoms with van der Waals surface area (Å²) < 4.78 is 0. The van der Waals surface area contributed by atoms with E-state index in [0.717, 1.165) is 10.8 Å². The minimum atomic E-state index is -1.83. The van der Waals surface area contributed by atoms with Gasteiger partial charge in [0.15, 0.2) is 5.96 Å². The van der Waals surface area contributed by atoms with E-state index in [0.29, 0.717) is 46.4 Å². The lowest BCUT2D eigenvalue weighted by Crippen LogP contribution is -2.61. The van der Waals surface area contributed by atoms with Gasteiger partial charge in [-0.05, 0) is 114 Å². The summed E-state index contributed by atoms with van der Waals surface area (Å²) in [4.78, 5) is 162. The number of aliphatic imine (C=N–C) groups is 1. The number of rotatable bonds is 36. The molecule has 0 bridgehead atoms. The number of pyridine rings is 1. The van der Waals surface area contributed by atoms with Crippen LogP contribution >= 0.6 is 11.6 Å². The lowest BCUT2D eigenvalue weighted by molar-refractivity contribution is -0.140. The van der Waals surface area contributed by atoms with Crippen LogP contribution in [0.3, 0.4) is 0 Å². The number of halogens is 1. The number of primary amides is 1. The van der Waals surface area contributed by atoms with Crippen LogP contribution in [0.25, 0.3) is 10.8 Å². The summed E-state index contributed by atoms with van der Waals surface area (Å²) >= 11 is 6.22. The number of nitrogens with zero attached hydrogens (tertiary/aromatic N) is 3. The number of hydrogen-bond acceptors (Lipinski definition) is 15. The van der Waals surface area contributed by atoms with Crippen molar-refractivity contribution in [2.45, 2.75) is 146 Å². The van der Waals surface area contributed by atoms with Crippen LogP contribution < -0.4 is 65.1 Å². The molecule has 514 valence electrons. The van der Waals surface area contributed by atoms with E-state index < -0.39 is 120 Å². The Hall–Kier alpha value is -10.2. The van der Waals surface area contributed by atoms with Gasteiger partial charge in [0.1, 0.15) is 60.4 Å². The molecule has 0 radical (unpaired) electrons. The van der Waals surface area contributed by atoms with Crippen LogP contribution in [0, 0.1) is 5.92 Å². The maximum absolute atomic E-state index is 14.8. The molecule has 6 rings (SSSR count). The van der Waals surface area contributed by atoms with Gasteiger partial charge >= 0.3 is 6.03 Å². The summed E-state index contributed by atoms with van der Waals surface area (Å²) in [6.07, 6.45) is 4.11. The van der Waals surface area contributed by atoms with E-state index in [1.54, 1.807) is 50.2 Å². The van der Waals surface area contributed by atoms with E-state index in [4.69, 9.17) is 28.8 Å². The number of benzene rings is 4. The van der Waals surface area contributed by atoms with Gasteiger partial charge in [-0.2, -0.15) is 0 Å². The van der Waals surface area contributed by atoms with E-state index in [2.05, 4.69) is 57.8 Å². The Morgan fingerprint density at radius 2 is 1.10 bits per heavy atom.